The lowest BCUT2D eigenvalue weighted by Crippen LogP contribution is -2.28. The molecule has 106 valence electrons. The van der Waals surface area contributed by atoms with Crippen LogP contribution in [0.3, 0.4) is 0 Å². The van der Waals surface area contributed by atoms with Crippen molar-refractivity contribution in [2.45, 2.75) is 19.8 Å². The first-order chi connectivity index (χ1) is 9.21. The number of carbonyl (C=O) groups excluding carboxylic acids is 1. The summed E-state index contributed by atoms with van der Waals surface area (Å²) in [5.41, 5.74) is 0.644. The van der Waals surface area contributed by atoms with Gasteiger partial charge in [0.05, 0.1) is 26.5 Å². The van der Waals surface area contributed by atoms with Crippen LogP contribution >= 0.6 is 0 Å². The normalized spacial score (nSPS) is 10.1. The van der Waals surface area contributed by atoms with Crippen molar-refractivity contribution >= 4 is 11.6 Å². The van der Waals surface area contributed by atoms with E-state index in [-0.39, 0.29) is 5.91 Å². The van der Waals surface area contributed by atoms with Gasteiger partial charge in [0.2, 0.25) is 5.91 Å². The molecule has 2 N–H and O–H groups in total. The Balaban J connectivity index is 2.53. The highest BCUT2D eigenvalue weighted by molar-refractivity contribution is 5.93. The minimum absolute atomic E-state index is 0.0837. The Morgan fingerprint density at radius 1 is 1.26 bits per heavy atom. The maximum atomic E-state index is 11.7. The van der Waals surface area contributed by atoms with Crippen molar-refractivity contribution in [2.24, 2.45) is 0 Å². The molecule has 0 fully saturated rings. The zero-order chi connectivity index (χ0) is 14.1. The monoisotopic (exact) mass is 266 g/mol. The molecule has 0 atom stereocenters. The fraction of sp³-hybridized carbons (Fsp3) is 0.500. The van der Waals surface area contributed by atoms with Crippen LogP contribution in [0.5, 0.6) is 11.5 Å². The van der Waals surface area contributed by atoms with E-state index in [4.69, 9.17) is 9.47 Å². The van der Waals surface area contributed by atoms with Gasteiger partial charge < -0.3 is 20.1 Å². The van der Waals surface area contributed by atoms with E-state index in [0.717, 1.165) is 19.4 Å². The molecule has 1 aromatic rings. The zero-order valence-corrected chi connectivity index (χ0v) is 11.8. The number of unbranched alkanes of at least 4 members (excludes halogenated alkanes) is 1. The topological polar surface area (TPSA) is 59.6 Å². The molecule has 19 heavy (non-hydrogen) atoms. The first-order valence-corrected chi connectivity index (χ1v) is 6.43. The fourth-order valence-electron chi connectivity index (χ4n) is 1.60. The van der Waals surface area contributed by atoms with Crippen LogP contribution in [0, 0.1) is 0 Å². The molecule has 0 saturated carbocycles. The third-order valence-electron chi connectivity index (χ3n) is 2.68. The molecule has 0 aliphatic heterocycles. The van der Waals surface area contributed by atoms with Gasteiger partial charge in [0.25, 0.3) is 0 Å². The molecule has 0 saturated heterocycles. The summed E-state index contributed by atoms with van der Waals surface area (Å²) in [6.45, 7) is 3.27. The molecule has 0 radical (unpaired) electrons. The number of rotatable bonds is 8. The third-order valence-corrected chi connectivity index (χ3v) is 2.68. The molecule has 0 heterocycles. The van der Waals surface area contributed by atoms with E-state index < -0.39 is 0 Å². The van der Waals surface area contributed by atoms with Crippen LogP contribution < -0.4 is 20.1 Å². The van der Waals surface area contributed by atoms with Crippen LogP contribution in [0.25, 0.3) is 0 Å². The largest absolute Gasteiger partial charge is 0.497 e. The molecular formula is C14H22N2O3. The molecule has 0 aromatic heterocycles. The van der Waals surface area contributed by atoms with Crippen LogP contribution in [0.2, 0.25) is 0 Å². The maximum absolute atomic E-state index is 11.7. The van der Waals surface area contributed by atoms with Gasteiger partial charge in [-0.05, 0) is 25.1 Å². The van der Waals surface area contributed by atoms with Gasteiger partial charge >= 0.3 is 0 Å². The van der Waals surface area contributed by atoms with E-state index in [1.807, 2.05) is 0 Å². The zero-order valence-electron chi connectivity index (χ0n) is 11.8. The summed E-state index contributed by atoms with van der Waals surface area (Å²) in [6, 6.07) is 5.28. The molecule has 0 bridgehead atoms. The summed E-state index contributed by atoms with van der Waals surface area (Å²) >= 11 is 0. The van der Waals surface area contributed by atoms with E-state index in [9.17, 15) is 4.79 Å². The number of hydrogen-bond donors (Lipinski definition) is 2. The maximum Gasteiger partial charge on any atom is 0.238 e. The molecule has 0 aliphatic carbocycles. The molecule has 5 nitrogen and oxygen atoms in total. The smallest absolute Gasteiger partial charge is 0.238 e. The molecule has 5 heteroatoms. The molecule has 0 aliphatic rings. The van der Waals surface area contributed by atoms with Crippen molar-refractivity contribution < 1.29 is 14.3 Å². The highest BCUT2D eigenvalue weighted by Crippen LogP contribution is 2.28. The van der Waals surface area contributed by atoms with Gasteiger partial charge in [-0.3, -0.25) is 4.79 Å². The Hall–Kier alpha value is -1.75. The van der Waals surface area contributed by atoms with Crippen LogP contribution in [-0.2, 0) is 4.79 Å². The minimum Gasteiger partial charge on any atom is -0.497 e. The summed E-state index contributed by atoms with van der Waals surface area (Å²) in [7, 11) is 3.15. The minimum atomic E-state index is -0.0837. The van der Waals surface area contributed by atoms with Crippen LogP contribution in [0.15, 0.2) is 18.2 Å². The van der Waals surface area contributed by atoms with Gasteiger partial charge in [-0.25, -0.2) is 0 Å². The number of anilines is 1. The predicted molar refractivity (Wildman–Crippen MR) is 76.0 cm³/mol. The Labute approximate surface area is 114 Å². The predicted octanol–water partition coefficient (Wildman–Crippen LogP) is 2.03. The van der Waals surface area contributed by atoms with E-state index in [2.05, 4.69) is 17.6 Å². The summed E-state index contributed by atoms with van der Waals surface area (Å²) in [5.74, 6) is 1.19. The highest BCUT2D eigenvalue weighted by Gasteiger charge is 2.08. The molecule has 0 spiro atoms. The van der Waals surface area contributed by atoms with Gasteiger partial charge in [0.15, 0.2) is 0 Å². The number of benzene rings is 1. The van der Waals surface area contributed by atoms with Crippen LogP contribution in [0.1, 0.15) is 19.8 Å². The van der Waals surface area contributed by atoms with Crippen LogP contribution in [0.4, 0.5) is 5.69 Å². The third kappa shape index (κ3) is 5.18. The fourth-order valence-corrected chi connectivity index (χ4v) is 1.60. The summed E-state index contributed by atoms with van der Waals surface area (Å²) in [6.07, 6.45) is 2.18. The van der Waals surface area contributed by atoms with Crippen LogP contribution in [-0.4, -0.2) is 33.2 Å². The van der Waals surface area contributed by atoms with Gasteiger partial charge in [0, 0.05) is 6.07 Å². The second kappa shape index (κ2) is 8.37. The summed E-state index contributed by atoms with van der Waals surface area (Å²) in [4.78, 5) is 11.7. The van der Waals surface area contributed by atoms with Crippen molar-refractivity contribution in [3.05, 3.63) is 18.2 Å². The van der Waals surface area contributed by atoms with E-state index >= 15 is 0 Å². The van der Waals surface area contributed by atoms with Crippen molar-refractivity contribution in [3.8, 4) is 11.5 Å². The Morgan fingerprint density at radius 3 is 2.68 bits per heavy atom. The number of carbonyl (C=O) groups is 1. The number of amides is 1. The second-order valence-corrected chi connectivity index (χ2v) is 4.14. The molecule has 1 rings (SSSR count). The molecule has 1 aromatic carbocycles. The lowest BCUT2D eigenvalue weighted by Gasteiger charge is -2.11. The number of ether oxygens (including phenoxy) is 2. The lowest BCUT2D eigenvalue weighted by atomic mass is 10.2. The standard InChI is InChI=1S/C14H22N2O3/c1-4-5-8-15-10-14(17)16-12-7-6-11(18-2)9-13(12)19-3/h6-7,9,15H,4-5,8,10H2,1-3H3,(H,16,17). The van der Waals surface area contributed by atoms with Gasteiger partial charge in [-0.2, -0.15) is 0 Å². The number of nitrogens with one attached hydrogen (secondary N) is 2. The average Bonchev–Trinajstić information content (AvgIpc) is 2.44. The van der Waals surface area contributed by atoms with Crippen molar-refractivity contribution in [3.63, 3.8) is 0 Å². The lowest BCUT2D eigenvalue weighted by molar-refractivity contribution is -0.115. The summed E-state index contributed by atoms with van der Waals surface area (Å²) < 4.78 is 10.3. The molecule has 1 amide bonds. The molecular weight excluding hydrogens is 244 g/mol. The average molecular weight is 266 g/mol. The van der Waals surface area contributed by atoms with Crippen molar-refractivity contribution in [1.82, 2.24) is 5.32 Å². The first-order valence-electron chi connectivity index (χ1n) is 6.43. The summed E-state index contributed by atoms with van der Waals surface area (Å²) in [5, 5.41) is 5.90. The SMILES string of the molecule is CCCCNCC(=O)Nc1ccc(OC)cc1OC. The quantitative estimate of drug-likeness (QED) is 0.707. The van der Waals surface area contributed by atoms with Gasteiger partial charge in [-0.15, -0.1) is 0 Å². The van der Waals surface area contributed by atoms with Gasteiger partial charge in [0.1, 0.15) is 11.5 Å². The van der Waals surface area contributed by atoms with E-state index in [1.54, 1.807) is 32.4 Å². The van der Waals surface area contributed by atoms with Crippen molar-refractivity contribution in [1.29, 1.82) is 0 Å². The second-order valence-electron chi connectivity index (χ2n) is 4.14. The number of hydrogen-bond acceptors (Lipinski definition) is 4. The highest BCUT2D eigenvalue weighted by atomic mass is 16.5. The Kier molecular flexibility index (Phi) is 6.74. The Morgan fingerprint density at radius 2 is 2.05 bits per heavy atom. The van der Waals surface area contributed by atoms with Gasteiger partial charge in [-0.1, -0.05) is 13.3 Å². The van der Waals surface area contributed by atoms with E-state index in [1.165, 1.54) is 0 Å². The molecule has 0 unspecified atom stereocenters. The van der Waals surface area contributed by atoms with E-state index in [0.29, 0.717) is 23.7 Å². The number of methoxy groups -OCH3 is 2. The Bertz CT molecular complexity index is 408. The van der Waals surface area contributed by atoms with Crippen molar-refractivity contribution in [2.75, 3.05) is 32.6 Å². The first kappa shape index (κ1) is 15.3.